The molecule has 0 saturated heterocycles. The number of hydrogen-bond acceptors (Lipinski definition) is 5. The average molecular weight is 406 g/mol. The summed E-state index contributed by atoms with van der Waals surface area (Å²) >= 11 is 7.10. The van der Waals surface area contributed by atoms with E-state index in [2.05, 4.69) is 21.0 Å². The summed E-state index contributed by atoms with van der Waals surface area (Å²) in [6.45, 7) is 0. The van der Waals surface area contributed by atoms with E-state index >= 15 is 0 Å². The Balaban J connectivity index is 1.55. The first-order chi connectivity index (χ1) is 13.0. The van der Waals surface area contributed by atoms with E-state index in [0.29, 0.717) is 10.2 Å². The van der Waals surface area contributed by atoms with Crippen LogP contribution in [0.25, 0.3) is 5.69 Å². The minimum atomic E-state index is -0.742. The second-order valence-electron chi connectivity index (χ2n) is 5.23. The fraction of sp³-hybridized carbons (Fsp3) is 0.0588. The van der Waals surface area contributed by atoms with E-state index in [1.807, 2.05) is 6.07 Å². The van der Waals surface area contributed by atoms with Gasteiger partial charge >= 0.3 is 0 Å². The summed E-state index contributed by atoms with van der Waals surface area (Å²) < 4.78 is 15.2. The number of nitrogens with zero attached hydrogens (tertiary/aromatic N) is 3. The van der Waals surface area contributed by atoms with E-state index < -0.39 is 17.6 Å². The van der Waals surface area contributed by atoms with Crippen molar-refractivity contribution >= 4 is 35.2 Å². The van der Waals surface area contributed by atoms with Gasteiger partial charge in [0, 0.05) is 5.02 Å². The van der Waals surface area contributed by atoms with Crippen LogP contribution < -0.4 is 10.9 Å². The predicted molar refractivity (Wildman–Crippen MR) is 99.1 cm³/mol. The van der Waals surface area contributed by atoms with Crippen molar-refractivity contribution in [1.29, 1.82) is 0 Å². The second-order valence-corrected chi connectivity index (χ2v) is 6.61. The highest BCUT2D eigenvalue weighted by atomic mass is 35.5. The molecule has 0 fully saturated rings. The Labute approximate surface area is 162 Å². The van der Waals surface area contributed by atoms with Crippen molar-refractivity contribution in [2.75, 3.05) is 5.75 Å². The first-order valence-corrected chi connectivity index (χ1v) is 9.03. The molecule has 1 aromatic heterocycles. The number of thioether (sulfide) groups is 1. The molecule has 0 spiro atoms. The van der Waals surface area contributed by atoms with E-state index in [9.17, 15) is 14.0 Å². The van der Waals surface area contributed by atoms with Crippen LogP contribution in [0.2, 0.25) is 5.02 Å². The van der Waals surface area contributed by atoms with Crippen molar-refractivity contribution in [2.45, 2.75) is 5.16 Å². The lowest BCUT2D eigenvalue weighted by Crippen LogP contribution is -2.42. The summed E-state index contributed by atoms with van der Waals surface area (Å²) in [5.74, 6) is -1.93. The van der Waals surface area contributed by atoms with Crippen LogP contribution in [0.4, 0.5) is 4.39 Å². The zero-order valence-electron chi connectivity index (χ0n) is 13.7. The van der Waals surface area contributed by atoms with Crippen LogP contribution in [0.1, 0.15) is 10.4 Å². The van der Waals surface area contributed by atoms with E-state index in [1.54, 1.807) is 22.8 Å². The van der Waals surface area contributed by atoms with Gasteiger partial charge in [0.2, 0.25) is 5.91 Å². The van der Waals surface area contributed by atoms with E-state index in [-0.39, 0.29) is 11.3 Å². The summed E-state index contributed by atoms with van der Waals surface area (Å²) in [5.41, 5.74) is 5.00. The normalized spacial score (nSPS) is 10.4. The van der Waals surface area contributed by atoms with Crippen LogP contribution in [0, 0.1) is 5.82 Å². The molecule has 10 heteroatoms. The fourth-order valence-corrected chi connectivity index (χ4v) is 3.04. The Bertz CT molecular complexity index is 981. The number of carbonyl (C=O) groups excluding carboxylic acids is 2. The lowest BCUT2D eigenvalue weighted by atomic mass is 10.2. The maximum Gasteiger partial charge on any atom is 0.272 e. The number of benzene rings is 2. The lowest BCUT2D eigenvalue weighted by molar-refractivity contribution is -0.119. The Kier molecular flexibility index (Phi) is 6.05. The molecule has 3 aromatic rings. The van der Waals surface area contributed by atoms with Gasteiger partial charge in [0.05, 0.1) is 17.0 Å². The first kappa shape index (κ1) is 18.9. The van der Waals surface area contributed by atoms with Crippen LogP contribution in [0.3, 0.4) is 0 Å². The molecule has 2 aromatic carbocycles. The zero-order valence-corrected chi connectivity index (χ0v) is 15.3. The molecule has 27 heavy (non-hydrogen) atoms. The van der Waals surface area contributed by atoms with Crippen molar-refractivity contribution in [1.82, 2.24) is 25.6 Å². The van der Waals surface area contributed by atoms with E-state index in [1.165, 1.54) is 24.5 Å². The van der Waals surface area contributed by atoms with Gasteiger partial charge in [-0.3, -0.25) is 25.0 Å². The molecule has 0 aliphatic rings. The van der Waals surface area contributed by atoms with Gasteiger partial charge in [-0.25, -0.2) is 4.39 Å². The minimum Gasteiger partial charge on any atom is -0.277 e. The first-order valence-electron chi connectivity index (χ1n) is 7.67. The number of hydrazine groups is 1. The van der Waals surface area contributed by atoms with Gasteiger partial charge in [-0.2, -0.15) is 0 Å². The van der Waals surface area contributed by atoms with Gasteiger partial charge in [-0.1, -0.05) is 41.6 Å². The fourth-order valence-electron chi connectivity index (χ4n) is 2.13. The molecule has 0 unspecified atom stereocenters. The number of nitrogens with one attached hydrogen (secondary N) is 2. The van der Waals surface area contributed by atoms with Crippen LogP contribution in [-0.2, 0) is 4.79 Å². The Hall–Kier alpha value is -2.91. The van der Waals surface area contributed by atoms with Gasteiger partial charge in [0.1, 0.15) is 12.1 Å². The molecule has 2 N–H and O–H groups in total. The molecule has 0 saturated carbocycles. The Morgan fingerprint density at radius 2 is 1.96 bits per heavy atom. The molecule has 0 bridgehead atoms. The monoisotopic (exact) mass is 405 g/mol. The van der Waals surface area contributed by atoms with Crippen molar-refractivity contribution in [3.63, 3.8) is 0 Å². The number of hydrogen-bond donors (Lipinski definition) is 2. The van der Waals surface area contributed by atoms with Gasteiger partial charge in [0.25, 0.3) is 5.91 Å². The number of amides is 2. The predicted octanol–water partition coefficient (Wildman–Crippen LogP) is 2.61. The Morgan fingerprint density at radius 3 is 2.74 bits per heavy atom. The molecule has 2 amide bonds. The third-order valence-electron chi connectivity index (χ3n) is 3.37. The van der Waals surface area contributed by atoms with Crippen LogP contribution in [-0.4, -0.2) is 32.3 Å². The topological polar surface area (TPSA) is 88.9 Å². The van der Waals surface area contributed by atoms with E-state index in [0.717, 1.165) is 23.5 Å². The molecule has 138 valence electrons. The molecule has 1 heterocycles. The molecule has 0 atom stereocenters. The Morgan fingerprint density at radius 1 is 1.15 bits per heavy atom. The van der Waals surface area contributed by atoms with Crippen molar-refractivity contribution in [3.05, 3.63) is 71.3 Å². The van der Waals surface area contributed by atoms with Gasteiger partial charge in [-0.05, 0) is 30.3 Å². The summed E-state index contributed by atoms with van der Waals surface area (Å²) in [6, 6.07) is 12.6. The smallest absolute Gasteiger partial charge is 0.272 e. The third-order valence-corrected chi connectivity index (χ3v) is 4.55. The number of rotatable bonds is 5. The highest BCUT2D eigenvalue weighted by Crippen LogP contribution is 2.21. The standard InChI is InChI=1S/C17H13ClFN5O2S/c18-11-4-3-5-12(8-11)24-10-20-23-17(24)27-9-15(25)21-22-16(26)13-6-1-2-7-14(13)19/h1-8,10H,9H2,(H,21,25)(H,22,26). The molecule has 0 radical (unpaired) electrons. The van der Waals surface area contributed by atoms with E-state index in [4.69, 9.17) is 11.6 Å². The number of carbonyl (C=O) groups is 2. The molecule has 3 rings (SSSR count). The zero-order chi connectivity index (χ0) is 19.2. The largest absolute Gasteiger partial charge is 0.277 e. The highest BCUT2D eigenvalue weighted by Gasteiger charge is 2.13. The second kappa shape index (κ2) is 8.65. The molecule has 0 aliphatic heterocycles. The van der Waals surface area contributed by atoms with Crippen LogP contribution in [0.5, 0.6) is 0 Å². The van der Waals surface area contributed by atoms with Gasteiger partial charge in [-0.15, -0.1) is 10.2 Å². The van der Waals surface area contributed by atoms with Crippen molar-refractivity contribution in [3.8, 4) is 5.69 Å². The van der Waals surface area contributed by atoms with Gasteiger partial charge < -0.3 is 0 Å². The highest BCUT2D eigenvalue weighted by molar-refractivity contribution is 7.99. The quantitative estimate of drug-likeness (QED) is 0.503. The van der Waals surface area contributed by atoms with Crippen molar-refractivity contribution in [2.24, 2.45) is 0 Å². The summed E-state index contributed by atoms with van der Waals surface area (Å²) in [5, 5.41) is 8.84. The lowest BCUT2D eigenvalue weighted by Gasteiger charge is -2.08. The summed E-state index contributed by atoms with van der Waals surface area (Å²) in [7, 11) is 0. The number of aromatic nitrogens is 3. The number of halogens is 2. The average Bonchev–Trinajstić information content (AvgIpc) is 3.13. The molecule has 7 nitrogen and oxygen atoms in total. The van der Waals surface area contributed by atoms with Crippen LogP contribution >= 0.6 is 23.4 Å². The third kappa shape index (κ3) is 4.83. The molecular weight excluding hydrogens is 393 g/mol. The SMILES string of the molecule is O=C(CSc1nncn1-c1cccc(Cl)c1)NNC(=O)c1ccccc1F. The molecule has 0 aliphatic carbocycles. The summed E-state index contributed by atoms with van der Waals surface area (Å²) in [6.07, 6.45) is 1.51. The summed E-state index contributed by atoms with van der Waals surface area (Å²) in [4.78, 5) is 23.8. The molecular formula is C17H13ClFN5O2S. The van der Waals surface area contributed by atoms with Crippen LogP contribution in [0.15, 0.2) is 60.0 Å². The maximum absolute atomic E-state index is 13.5. The van der Waals surface area contributed by atoms with Gasteiger partial charge in [0.15, 0.2) is 5.16 Å². The maximum atomic E-state index is 13.5. The van der Waals surface area contributed by atoms with Crippen molar-refractivity contribution < 1.29 is 14.0 Å². The minimum absolute atomic E-state index is 0.0309.